The van der Waals surface area contributed by atoms with Gasteiger partial charge in [0.25, 0.3) is 0 Å². The standard InChI is InChI=1S/C34H24/c1-34(2)28-18-10-9-17-26(28)32-31-23-14-6-5-13-22(23)29-21-12-4-3-11-20(21)19-27(29)30(31)24-15-7-8-16-25(24)33(32)34/h3-18H,19H2,1-2H3. The zero-order valence-corrected chi connectivity index (χ0v) is 19.4. The molecule has 0 saturated carbocycles. The fourth-order valence-corrected chi connectivity index (χ4v) is 7.12. The predicted octanol–water partition coefficient (Wildman–Crippen LogP) is 9.02. The van der Waals surface area contributed by atoms with Crippen molar-refractivity contribution in [3.63, 3.8) is 0 Å². The van der Waals surface area contributed by atoms with Gasteiger partial charge in [0.15, 0.2) is 0 Å². The second-order valence-electron chi connectivity index (χ2n) is 10.4. The molecule has 160 valence electrons. The van der Waals surface area contributed by atoms with Crippen molar-refractivity contribution < 1.29 is 0 Å². The van der Waals surface area contributed by atoms with Crippen molar-refractivity contribution in [1.29, 1.82) is 0 Å². The molecule has 6 aromatic rings. The molecule has 0 heterocycles. The van der Waals surface area contributed by atoms with Crippen LogP contribution in [0.15, 0.2) is 97.1 Å². The first-order chi connectivity index (χ1) is 16.7. The van der Waals surface area contributed by atoms with Crippen LogP contribution in [0, 0.1) is 0 Å². The fraction of sp³-hybridized carbons (Fsp3) is 0.118. The average Bonchev–Trinajstić information content (AvgIpc) is 3.37. The molecule has 0 aromatic heterocycles. The summed E-state index contributed by atoms with van der Waals surface area (Å²) in [7, 11) is 0. The van der Waals surface area contributed by atoms with Gasteiger partial charge < -0.3 is 0 Å². The number of hydrogen-bond donors (Lipinski definition) is 0. The first kappa shape index (κ1) is 18.5. The van der Waals surface area contributed by atoms with E-state index in [0.717, 1.165) is 6.42 Å². The third kappa shape index (κ3) is 2.06. The lowest BCUT2D eigenvalue weighted by Crippen LogP contribution is -2.15. The Labute approximate surface area is 199 Å². The van der Waals surface area contributed by atoms with Crippen molar-refractivity contribution >= 4 is 32.3 Å². The van der Waals surface area contributed by atoms with Gasteiger partial charge in [0, 0.05) is 5.41 Å². The lowest BCUT2D eigenvalue weighted by Gasteiger charge is -2.25. The molecule has 0 nitrogen and oxygen atoms in total. The zero-order valence-electron chi connectivity index (χ0n) is 19.4. The molecule has 0 unspecified atom stereocenters. The van der Waals surface area contributed by atoms with Crippen molar-refractivity contribution in [2.75, 3.05) is 0 Å². The summed E-state index contributed by atoms with van der Waals surface area (Å²) < 4.78 is 0. The smallest absolute Gasteiger partial charge is 0.0165 e. The molecule has 8 rings (SSSR count). The highest BCUT2D eigenvalue weighted by Gasteiger charge is 2.39. The van der Waals surface area contributed by atoms with Gasteiger partial charge in [0.05, 0.1) is 0 Å². The van der Waals surface area contributed by atoms with Crippen LogP contribution in [-0.2, 0) is 11.8 Å². The van der Waals surface area contributed by atoms with Gasteiger partial charge in [-0.05, 0) is 83.2 Å². The Morgan fingerprint density at radius 1 is 0.529 bits per heavy atom. The van der Waals surface area contributed by atoms with Crippen LogP contribution in [0.4, 0.5) is 0 Å². The van der Waals surface area contributed by atoms with E-state index in [1.54, 1.807) is 0 Å². The molecule has 0 saturated heterocycles. The number of benzene rings is 6. The molecule has 0 amide bonds. The first-order valence-corrected chi connectivity index (χ1v) is 12.3. The maximum atomic E-state index is 2.40. The molecular weight excluding hydrogens is 408 g/mol. The highest BCUT2D eigenvalue weighted by Crippen LogP contribution is 2.58. The summed E-state index contributed by atoms with van der Waals surface area (Å²) in [5, 5.41) is 8.45. The Hall–Kier alpha value is -3.90. The number of fused-ring (bicyclic) bond motifs is 15. The van der Waals surface area contributed by atoms with Gasteiger partial charge in [-0.1, -0.05) is 111 Å². The minimum absolute atomic E-state index is 0.0389. The molecule has 34 heavy (non-hydrogen) atoms. The van der Waals surface area contributed by atoms with E-state index in [1.165, 1.54) is 76.8 Å². The Kier molecular flexibility index (Phi) is 3.35. The normalized spacial score (nSPS) is 14.9. The van der Waals surface area contributed by atoms with Crippen LogP contribution < -0.4 is 0 Å². The van der Waals surface area contributed by atoms with Gasteiger partial charge in [-0.25, -0.2) is 0 Å². The summed E-state index contributed by atoms with van der Waals surface area (Å²) in [4.78, 5) is 0. The van der Waals surface area contributed by atoms with Crippen LogP contribution in [0.25, 0.3) is 54.6 Å². The van der Waals surface area contributed by atoms with E-state index in [9.17, 15) is 0 Å². The van der Waals surface area contributed by atoms with Crippen LogP contribution >= 0.6 is 0 Å². The topological polar surface area (TPSA) is 0 Å². The maximum Gasteiger partial charge on any atom is 0.0165 e. The molecule has 2 aliphatic carbocycles. The van der Waals surface area contributed by atoms with Crippen LogP contribution in [0.5, 0.6) is 0 Å². The van der Waals surface area contributed by atoms with Crippen molar-refractivity contribution in [2.24, 2.45) is 0 Å². The Balaban J connectivity index is 1.73. The summed E-state index contributed by atoms with van der Waals surface area (Å²) in [6, 6.07) is 36.3. The van der Waals surface area contributed by atoms with Crippen molar-refractivity contribution in [3.8, 4) is 22.3 Å². The van der Waals surface area contributed by atoms with Crippen molar-refractivity contribution in [3.05, 3.63) is 119 Å². The lowest BCUT2D eigenvalue weighted by atomic mass is 9.78. The lowest BCUT2D eigenvalue weighted by molar-refractivity contribution is 0.666. The largest absolute Gasteiger partial charge is 0.0619 e. The van der Waals surface area contributed by atoms with Gasteiger partial charge >= 0.3 is 0 Å². The van der Waals surface area contributed by atoms with Crippen molar-refractivity contribution in [2.45, 2.75) is 25.7 Å². The quantitative estimate of drug-likeness (QED) is 0.210. The van der Waals surface area contributed by atoms with E-state index in [2.05, 4.69) is 111 Å². The molecule has 0 fully saturated rings. The minimum atomic E-state index is -0.0389. The van der Waals surface area contributed by atoms with Crippen molar-refractivity contribution in [1.82, 2.24) is 0 Å². The molecule has 2 aliphatic rings. The zero-order chi connectivity index (χ0) is 22.6. The maximum absolute atomic E-state index is 2.40. The molecule has 6 aromatic carbocycles. The predicted molar refractivity (Wildman–Crippen MR) is 145 cm³/mol. The fourth-order valence-electron chi connectivity index (χ4n) is 7.12. The molecule has 0 atom stereocenters. The van der Waals surface area contributed by atoms with Gasteiger partial charge in [0.2, 0.25) is 0 Å². The molecular formula is C34H24. The van der Waals surface area contributed by atoms with Gasteiger partial charge in [0.1, 0.15) is 0 Å². The van der Waals surface area contributed by atoms with E-state index in [1.807, 2.05) is 0 Å². The Morgan fingerprint density at radius 3 is 1.91 bits per heavy atom. The highest BCUT2D eigenvalue weighted by atomic mass is 14.4. The third-order valence-electron chi connectivity index (χ3n) is 8.43. The molecule has 0 N–H and O–H groups in total. The summed E-state index contributed by atoms with van der Waals surface area (Å²) >= 11 is 0. The molecule has 0 aliphatic heterocycles. The van der Waals surface area contributed by atoms with Crippen LogP contribution in [0.1, 0.15) is 36.1 Å². The molecule has 0 radical (unpaired) electrons. The monoisotopic (exact) mass is 432 g/mol. The van der Waals surface area contributed by atoms with E-state index < -0.39 is 0 Å². The summed E-state index contributed by atoms with van der Waals surface area (Å²) in [6.07, 6.45) is 1.00. The highest BCUT2D eigenvalue weighted by molar-refractivity contribution is 6.30. The Bertz CT molecular complexity index is 1850. The second kappa shape index (κ2) is 6.15. The Morgan fingerprint density at radius 2 is 1.12 bits per heavy atom. The molecule has 0 bridgehead atoms. The molecule has 0 spiro atoms. The summed E-state index contributed by atoms with van der Waals surface area (Å²) in [6.45, 7) is 4.81. The van der Waals surface area contributed by atoms with Crippen LogP contribution in [0.3, 0.4) is 0 Å². The van der Waals surface area contributed by atoms with E-state index in [4.69, 9.17) is 0 Å². The second-order valence-corrected chi connectivity index (χ2v) is 10.4. The SMILES string of the molecule is CC1(C)c2ccccc2-c2c1c1ccccc1c1c3c(c4ccccc4c21)-c1ccccc1C3. The van der Waals surface area contributed by atoms with Gasteiger partial charge in [-0.3, -0.25) is 0 Å². The number of hydrogen-bond acceptors (Lipinski definition) is 0. The number of rotatable bonds is 0. The third-order valence-corrected chi connectivity index (χ3v) is 8.43. The molecule has 0 heteroatoms. The average molecular weight is 433 g/mol. The van der Waals surface area contributed by atoms with E-state index >= 15 is 0 Å². The van der Waals surface area contributed by atoms with Crippen LogP contribution in [-0.4, -0.2) is 0 Å². The van der Waals surface area contributed by atoms with Crippen LogP contribution in [0.2, 0.25) is 0 Å². The van der Waals surface area contributed by atoms with E-state index in [0.29, 0.717) is 0 Å². The summed E-state index contributed by atoms with van der Waals surface area (Å²) in [5.74, 6) is 0. The van der Waals surface area contributed by atoms with Gasteiger partial charge in [-0.15, -0.1) is 0 Å². The minimum Gasteiger partial charge on any atom is -0.0619 e. The summed E-state index contributed by atoms with van der Waals surface area (Å²) in [5.41, 5.74) is 11.5. The first-order valence-electron chi connectivity index (χ1n) is 12.3. The van der Waals surface area contributed by atoms with E-state index in [-0.39, 0.29) is 5.41 Å². The van der Waals surface area contributed by atoms with Gasteiger partial charge in [-0.2, -0.15) is 0 Å².